The van der Waals surface area contributed by atoms with Crippen LogP contribution in [0.5, 0.6) is 11.5 Å². The van der Waals surface area contributed by atoms with E-state index in [1.807, 2.05) is 30.9 Å². The van der Waals surface area contributed by atoms with E-state index in [9.17, 15) is 9.18 Å². The first kappa shape index (κ1) is 26.4. The number of halogens is 2. The van der Waals surface area contributed by atoms with Crippen LogP contribution in [-0.2, 0) is 9.53 Å². The Morgan fingerprint density at radius 2 is 1.97 bits per heavy atom. The number of morpholine rings is 1. The highest BCUT2D eigenvalue weighted by atomic mass is 35.5. The van der Waals surface area contributed by atoms with E-state index in [2.05, 4.69) is 15.3 Å². The van der Waals surface area contributed by atoms with E-state index >= 15 is 0 Å². The number of anilines is 2. The number of esters is 1. The van der Waals surface area contributed by atoms with Gasteiger partial charge in [0, 0.05) is 30.2 Å². The van der Waals surface area contributed by atoms with Crippen molar-refractivity contribution in [2.24, 2.45) is 0 Å². The topological polar surface area (TPSA) is 85.8 Å². The number of rotatable bonds is 8. The van der Waals surface area contributed by atoms with Crippen LogP contribution in [0.4, 0.5) is 15.9 Å². The Morgan fingerprint density at radius 3 is 2.74 bits per heavy atom. The van der Waals surface area contributed by atoms with E-state index in [1.54, 1.807) is 6.07 Å². The number of benzene rings is 2. The Kier molecular flexibility index (Phi) is 7.85. The molecule has 2 fully saturated rings. The van der Waals surface area contributed by atoms with Crippen LogP contribution >= 0.6 is 11.6 Å². The molecule has 1 aliphatic heterocycles. The average Bonchev–Trinajstić information content (AvgIpc) is 2.86. The van der Waals surface area contributed by atoms with Crippen LogP contribution in [0, 0.1) is 5.82 Å². The van der Waals surface area contributed by atoms with Gasteiger partial charge in [-0.3, -0.25) is 9.69 Å². The zero-order chi connectivity index (χ0) is 26.7. The Morgan fingerprint density at radius 1 is 1.16 bits per heavy atom. The van der Waals surface area contributed by atoms with Gasteiger partial charge in [-0.05, 0) is 63.8 Å². The molecule has 1 N–H and O–H groups in total. The molecule has 0 atom stereocenters. The van der Waals surface area contributed by atoms with Gasteiger partial charge in [0.1, 0.15) is 30.2 Å². The lowest BCUT2D eigenvalue weighted by Crippen LogP contribution is -2.51. The van der Waals surface area contributed by atoms with Gasteiger partial charge < -0.3 is 19.5 Å². The molecule has 1 aliphatic carbocycles. The molecule has 2 aliphatic rings. The van der Waals surface area contributed by atoms with Crippen LogP contribution in [0.2, 0.25) is 5.02 Å². The van der Waals surface area contributed by atoms with E-state index in [4.69, 9.17) is 25.8 Å². The molecule has 2 aromatic carbocycles. The van der Waals surface area contributed by atoms with Gasteiger partial charge in [0.2, 0.25) is 0 Å². The number of aromatic nitrogens is 2. The highest BCUT2D eigenvalue weighted by Crippen LogP contribution is 2.37. The summed E-state index contributed by atoms with van der Waals surface area (Å²) in [6.45, 7) is 5.64. The molecule has 5 rings (SSSR count). The van der Waals surface area contributed by atoms with Crippen LogP contribution in [-0.4, -0.2) is 58.8 Å². The van der Waals surface area contributed by atoms with Gasteiger partial charge in [0.25, 0.3) is 0 Å². The Bertz CT molecular complexity index is 1320. The average molecular weight is 543 g/mol. The molecule has 1 saturated carbocycles. The summed E-state index contributed by atoms with van der Waals surface area (Å²) in [5.41, 5.74) is 0.752. The van der Waals surface area contributed by atoms with Gasteiger partial charge in [-0.25, -0.2) is 14.4 Å². The third-order valence-electron chi connectivity index (χ3n) is 6.74. The van der Waals surface area contributed by atoms with Gasteiger partial charge in [0.05, 0.1) is 23.2 Å². The largest absolute Gasteiger partial charge is 0.488 e. The molecule has 8 nitrogen and oxygen atoms in total. The summed E-state index contributed by atoms with van der Waals surface area (Å²) in [6, 6.07) is 8.17. The number of cyclic esters (lactones) is 1. The zero-order valence-corrected chi connectivity index (χ0v) is 22.4. The second-order valence-corrected chi connectivity index (χ2v) is 10.9. The molecule has 1 aromatic heterocycles. The predicted octanol–water partition coefficient (Wildman–Crippen LogP) is 5.89. The Labute approximate surface area is 226 Å². The molecule has 0 amide bonds. The van der Waals surface area contributed by atoms with E-state index in [1.165, 1.54) is 24.9 Å². The fourth-order valence-corrected chi connectivity index (χ4v) is 5.21. The van der Waals surface area contributed by atoms with Crippen molar-refractivity contribution in [2.45, 2.75) is 57.7 Å². The highest BCUT2D eigenvalue weighted by molar-refractivity contribution is 6.31. The molecular formula is C28H32ClFN4O4. The first-order valence-electron chi connectivity index (χ1n) is 13.0. The summed E-state index contributed by atoms with van der Waals surface area (Å²) in [4.78, 5) is 22.9. The lowest BCUT2D eigenvalue weighted by atomic mass is 9.98. The monoisotopic (exact) mass is 542 g/mol. The minimum absolute atomic E-state index is 0.0238. The number of ether oxygens (including phenoxy) is 3. The summed E-state index contributed by atoms with van der Waals surface area (Å²) in [7, 11) is 0. The molecule has 10 heteroatoms. The van der Waals surface area contributed by atoms with Crippen LogP contribution < -0.4 is 14.8 Å². The first-order chi connectivity index (χ1) is 18.3. The maximum atomic E-state index is 13.6. The van der Waals surface area contributed by atoms with Crippen molar-refractivity contribution in [2.75, 3.05) is 31.6 Å². The number of nitrogens with zero attached hydrogens (tertiary/aromatic N) is 3. The molecule has 0 unspecified atom stereocenters. The van der Waals surface area contributed by atoms with Crippen molar-refractivity contribution in [1.82, 2.24) is 14.9 Å². The third kappa shape index (κ3) is 6.45. The smallest absolute Gasteiger partial charge is 0.320 e. The van der Waals surface area contributed by atoms with Gasteiger partial charge >= 0.3 is 5.97 Å². The quantitative estimate of drug-likeness (QED) is 0.352. The van der Waals surface area contributed by atoms with Crippen molar-refractivity contribution in [3.8, 4) is 11.5 Å². The number of nitrogens with one attached hydrogen (secondary N) is 1. The number of fused-ring (bicyclic) bond motifs is 1. The fraction of sp³-hybridized carbons (Fsp3) is 0.464. The van der Waals surface area contributed by atoms with Crippen molar-refractivity contribution in [1.29, 1.82) is 0 Å². The number of carbonyl (C=O) groups excluding carboxylic acids is 1. The SMILES string of the molecule is CC1(C)CN(CCOc2cc3ncnc(Nc4ccc(F)c(Cl)c4)c3cc2OC2CCCCC2)CC(=O)O1. The first-order valence-corrected chi connectivity index (χ1v) is 13.4. The molecule has 0 radical (unpaired) electrons. The number of carbonyl (C=O) groups is 1. The molecule has 202 valence electrons. The van der Waals surface area contributed by atoms with Crippen LogP contribution in [0.15, 0.2) is 36.7 Å². The molecule has 3 aromatic rings. The third-order valence-corrected chi connectivity index (χ3v) is 7.03. The van der Waals surface area contributed by atoms with Crippen LogP contribution in [0.1, 0.15) is 46.0 Å². The predicted molar refractivity (Wildman–Crippen MR) is 144 cm³/mol. The van der Waals surface area contributed by atoms with E-state index in [0.29, 0.717) is 48.2 Å². The second kappa shape index (κ2) is 11.3. The summed E-state index contributed by atoms with van der Waals surface area (Å²) in [5.74, 6) is 1.05. The molecule has 0 bridgehead atoms. The standard InChI is InChI=1S/C28H32ClFN4O4/c1-28(2)16-34(15-26(35)38-28)10-11-36-24-14-23-20(13-25(24)37-19-6-4-3-5-7-19)27(32-17-31-23)33-18-8-9-22(30)21(29)12-18/h8-9,12-14,17,19H,3-7,10-11,15-16H2,1-2H3,(H,31,32,33). The number of hydrogen-bond donors (Lipinski definition) is 1. The maximum Gasteiger partial charge on any atom is 0.320 e. The van der Waals surface area contributed by atoms with Crippen molar-refractivity contribution < 1.29 is 23.4 Å². The van der Waals surface area contributed by atoms with Crippen LogP contribution in [0.3, 0.4) is 0 Å². The Hall–Kier alpha value is -3.17. The second-order valence-electron chi connectivity index (χ2n) is 10.5. The minimum Gasteiger partial charge on any atom is -0.488 e. The summed E-state index contributed by atoms with van der Waals surface area (Å²) in [5, 5.41) is 3.98. The normalized spacial score (nSPS) is 18.3. The Balaban J connectivity index is 1.39. The van der Waals surface area contributed by atoms with E-state index < -0.39 is 11.4 Å². The molecule has 38 heavy (non-hydrogen) atoms. The number of hydrogen-bond acceptors (Lipinski definition) is 8. The zero-order valence-electron chi connectivity index (χ0n) is 21.6. The van der Waals surface area contributed by atoms with Gasteiger partial charge in [-0.15, -0.1) is 0 Å². The highest BCUT2D eigenvalue weighted by Gasteiger charge is 2.32. The van der Waals surface area contributed by atoms with Crippen LogP contribution in [0.25, 0.3) is 10.9 Å². The van der Waals surface area contributed by atoms with Crippen molar-refractivity contribution >= 4 is 40.0 Å². The maximum absolute atomic E-state index is 13.6. The molecule has 0 spiro atoms. The van der Waals surface area contributed by atoms with Crippen molar-refractivity contribution in [3.05, 3.63) is 47.5 Å². The summed E-state index contributed by atoms with van der Waals surface area (Å²) in [6.07, 6.45) is 7.05. The minimum atomic E-state index is -0.525. The van der Waals surface area contributed by atoms with E-state index in [0.717, 1.165) is 31.1 Å². The van der Waals surface area contributed by atoms with Gasteiger partial charge in [-0.2, -0.15) is 0 Å². The van der Waals surface area contributed by atoms with Gasteiger partial charge in [-0.1, -0.05) is 18.0 Å². The molecular weight excluding hydrogens is 511 g/mol. The molecule has 1 saturated heterocycles. The van der Waals surface area contributed by atoms with Crippen molar-refractivity contribution in [3.63, 3.8) is 0 Å². The summed E-state index contributed by atoms with van der Waals surface area (Å²) >= 11 is 5.97. The fourth-order valence-electron chi connectivity index (χ4n) is 5.03. The molecule has 2 heterocycles. The van der Waals surface area contributed by atoms with Gasteiger partial charge in [0.15, 0.2) is 11.5 Å². The summed E-state index contributed by atoms with van der Waals surface area (Å²) < 4.78 is 31.7. The lowest BCUT2D eigenvalue weighted by molar-refractivity contribution is -0.169. The lowest BCUT2D eigenvalue weighted by Gasteiger charge is -2.37. The van der Waals surface area contributed by atoms with E-state index in [-0.39, 0.29) is 23.6 Å².